The highest BCUT2D eigenvalue weighted by atomic mass is 16.6. The molecule has 3 heterocycles. The maximum absolute atomic E-state index is 12.6. The summed E-state index contributed by atoms with van der Waals surface area (Å²) < 4.78 is 27.1. The second kappa shape index (κ2) is 14.0. The smallest absolute Gasteiger partial charge is 0.305 e. The van der Waals surface area contributed by atoms with Crippen molar-refractivity contribution in [3.05, 3.63) is 47.8 Å². The molecule has 1 amide bonds. The number of amides is 1. The number of aliphatic hydroxyl groups is 1. The molecule has 2 saturated heterocycles. The first-order chi connectivity index (χ1) is 20.0. The summed E-state index contributed by atoms with van der Waals surface area (Å²) in [5.74, 6) is 0.826. The molecule has 3 fully saturated rings. The van der Waals surface area contributed by atoms with Crippen LogP contribution in [0, 0.1) is 17.8 Å². The Labute approximate surface area is 248 Å². The van der Waals surface area contributed by atoms with Gasteiger partial charge in [0.1, 0.15) is 11.4 Å². The average Bonchev–Trinajstić information content (AvgIpc) is 3.56. The summed E-state index contributed by atoms with van der Waals surface area (Å²) in [5, 5.41) is 17.8. The summed E-state index contributed by atoms with van der Waals surface area (Å²) in [6.45, 7) is 8.65. The Kier molecular flexibility index (Phi) is 10.7. The number of ether oxygens (including phenoxy) is 4. The van der Waals surface area contributed by atoms with Crippen molar-refractivity contribution in [1.82, 2.24) is 10.5 Å². The van der Waals surface area contributed by atoms with E-state index >= 15 is 0 Å². The number of aliphatic hydroxyl groups excluding tert-OH is 1. The lowest BCUT2D eigenvalue weighted by molar-refractivity contribution is -0.142. The van der Waals surface area contributed by atoms with E-state index in [0.29, 0.717) is 31.1 Å². The third-order valence-electron chi connectivity index (χ3n) is 8.91. The molecule has 2 N–H and O–H groups in total. The van der Waals surface area contributed by atoms with Crippen molar-refractivity contribution in [2.24, 2.45) is 17.8 Å². The number of carbonyl (C=O) groups excluding carboxylic acids is 2. The van der Waals surface area contributed by atoms with Crippen LogP contribution in [0.15, 0.2) is 46.5 Å². The summed E-state index contributed by atoms with van der Waals surface area (Å²) in [4.78, 5) is 24.5. The zero-order chi connectivity index (χ0) is 30.4. The molecule has 9 atom stereocenters. The number of esters is 1. The predicted octanol–water partition coefficient (Wildman–Crippen LogP) is 4.25. The van der Waals surface area contributed by atoms with E-state index in [1.54, 1.807) is 12.1 Å². The lowest BCUT2D eigenvalue weighted by atomic mass is 9.71. The normalized spacial score (nSPS) is 34.1. The quantitative estimate of drug-likeness (QED) is 0.169. The van der Waals surface area contributed by atoms with Crippen molar-refractivity contribution in [3.8, 4) is 5.88 Å². The van der Waals surface area contributed by atoms with E-state index in [2.05, 4.69) is 29.5 Å². The molecule has 0 radical (unpaired) electrons. The van der Waals surface area contributed by atoms with Gasteiger partial charge in [-0.25, -0.2) is 0 Å². The zero-order valence-corrected chi connectivity index (χ0v) is 25.6. The zero-order valence-electron chi connectivity index (χ0n) is 25.6. The maximum Gasteiger partial charge on any atom is 0.305 e. The molecule has 4 rings (SSSR count). The molecular formula is C32H46N2O8. The second-order valence-corrected chi connectivity index (χ2v) is 12.2. The summed E-state index contributed by atoms with van der Waals surface area (Å²) in [5.41, 5.74) is 0.571. The second-order valence-electron chi connectivity index (χ2n) is 12.2. The molecule has 1 saturated carbocycles. The van der Waals surface area contributed by atoms with Gasteiger partial charge in [-0.2, -0.15) is 0 Å². The maximum atomic E-state index is 12.6. The number of aromatic nitrogens is 1. The first kappa shape index (κ1) is 32.0. The summed E-state index contributed by atoms with van der Waals surface area (Å²) >= 11 is 0. The van der Waals surface area contributed by atoms with Crippen LogP contribution in [0.4, 0.5) is 0 Å². The molecule has 10 heteroatoms. The fraction of sp³-hybridized carbons (Fsp3) is 0.656. The van der Waals surface area contributed by atoms with Gasteiger partial charge < -0.3 is 33.9 Å². The molecule has 2 aliphatic heterocycles. The van der Waals surface area contributed by atoms with Gasteiger partial charge in [-0.15, -0.1) is 0 Å². The van der Waals surface area contributed by atoms with Crippen LogP contribution in [0.5, 0.6) is 5.88 Å². The van der Waals surface area contributed by atoms with Gasteiger partial charge in [0, 0.05) is 24.3 Å². The first-order valence-corrected chi connectivity index (χ1v) is 14.9. The molecule has 0 bridgehead atoms. The molecule has 232 valence electrons. The minimum atomic E-state index is -0.575. The molecule has 3 aliphatic rings. The van der Waals surface area contributed by atoms with Gasteiger partial charge in [0.15, 0.2) is 0 Å². The van der Waals surface area contributed by atoms with Gasteiger partial charge in [0.2, 0.25) is 5.91 Å². The van der Waals surface area contributed by atoms with Gasteiger partial charge in [0.25, 0.3) is 5.88 Å². The van der Waals surface area contributed by atoms with Crippen LogP contribution < -0.4 is 10.1 Å². The Bertz CT molecular complexity index is 1170. The number of hydrogen-bond donors (Lipinski definition) is 2. The standard InChI is InChI=1S/C32H46N2O8/c1-19(7-10-24-14-23(15-30(36)39-6)17-32(18-40-32)31(24)37)8-11-26-21(3)13-25(22(4)41-26)33-28(35)12-9-20(2)27-16-29(38-5)34-42-27/h7-10,12,16,20-26,31,37H,11,13-15,17-18H2,1-6H3,(H,33,35)/b10-7+,12-9-,19-8+/t20?,21-,22+,23+,24-,25+,26-,31+,32+/m0/s1. The largest absolute Gasteiger partial charge is 0.479 e. The minimum absolute atomic E-state index is 0.0429. The molecule has 0 aromatic carbocycles. The Morgan fingerprint density at radius 1 is 1.26 bits per heavy atom. The van der Waals surface area contributed by atoms with Gasteiger partial charge in [-0.05, 0) is 62.6 Å². The lowest BCUT2D eigenvalue weighted by Gasteiger charge is -2.39. The molecule has 1 aromatic rings. The van der Waals surface area contributed by atoms with Crippen LogP contribution >= 0.6 is 0 Å². The highest BCUT2D eigenvalue weighted by Gasteiger charge is 2.57. The molecule has 10 nitrogen and oxygen atoms in total. The van der Waals surface area contributed by atoms with Crippen molar-refractivity contribution in [3.63, 3.8) is 0 Å². The highest BCUT2D eigenvalue weighted by Crippen LogP contribution is 2.48. The lowest BCUT2D eigenvalue weighted by Crippen LogP contribution is -2.50. The molecule has 1 aliphatic carbocycles. The Balaban J connectivity index is 1.25. The van der Waals surface area contributed by atoms with E-state index in [9.17, 15) is 14.7 Å². The SMILES string of the molecule is COC(=O)C[C@H]1C[C@H](/C=C/C(C)=C/C[C@@H]2O[C@H](C)[C@H](NC(=O)/C=C\C(C)c3cc(OC)no3)C[C@@H]2C)[C@@H](O)[C@]2(CO2)C1. The third-order valence-corrected chi connectivity index (χ3v) is 8.91. The number of carbonyl (C=O) groups is 2. The van der Waals surface area contributed by atoms with E-state index in [4.69, 9.17) is 23.5 Å². The van der Waals surface area contributed by atoms with Crippen molar-refractivity contribution < 1.29 is 38.2 Å². The summed E-state index contributed by atoms with van der Waals surface area (Å²) in [6.07, 6.45) is 12.2. The Morgan fingerprint density at radius 2 is 2.02 bits per heavy atom. The monoisotopic (exact) mass is 586 g/mol. The Morgan fingerprint density at radius 3 is 2.69 bits per heavy atom. The van der Waals surface area contributed by atoms with Gasteiger partial charge in [0.05, 0.1) is 45.2 Å². The average molecular weight is 587 g/mol. The van der Waals surface area contributed by atoms with Crippen LogP contribution in [-0.4, -0.2) is 72.9 Å². The number of allylic oxidation sites excluding steroid dienone is 3. The third kappa shape index (κ3) is 8.11. The molecule has 1 unspecified atom stereocenters. The van der Waals surface area contributed by atoms with E-state index in [1.807, 2.05) is 26.8 Å². The van der Waals surface area contributed by atoms with Crippen molar-refractivity contribution in [2.75, 3.05) is 20.8 Å². The number of hydrogen-bond acceptors (Lipinski definition) is 9. The number of nitrogens with zero attached hydrogens (tertiary/aromatic N) is 1. The van der Waals surface area contributed by atoms with E-state index in [-0.39, 0.29) is 53.8 Å². The van der Waals surface area contributed by atoms with Crippen LogP contribution in [-0.2, 0) is 23.8 Å². The topological polar surface area (TPSA) is 133 Å². The number of rotatable bonds is 11. The Hall–Kier alpha value is -2.95. The van der Waals surface area contributed by atoms with E-state index < -0.39 is 11.7 Å². The van der Waals surface area contributed by atoms with E-state index in [1.165, 1.54) is 20.3 Å². The summed E-state index contributed by atoms with van der Waals surface area (Å²) in [7, 11) is 2.93. The van der Waals surface area contributed by atoms with Crippen LogP contribution in [0.3, 0.4) is 0 Å². The van der Waals surface area contributed by atoms with Gasteiger partial charge in [-0.3, -0.25) is 9.59 Å². The number of methoxy groups -OCH3 is 2. The number of nitrogens with one attached hydrogen (secondary N) is 1. The van der Waals surface area contributed by atoms with E-state index in [0.717, 1.165) is 24.8 Å². The first-order valence-electron chi connectivity index (χ1n) is 14.9. The van der Waals surface area contributed by atoms with Gasteiger partial charge >= 0.3 is 5.97 Å². The van der Waals surface area contributed by atoms with Gasteiger partial charge in [-0.1, -0.05) is 43.7 Å². The van der Waals surface area contributed by atoms with Crippen molar-refractivity contribution in [2.45, 2.75) is 95.7 Å². The van der Waals surface area contributed by atoms with Crippen molar-refractivity contribution in [1.29, 1.82) is 0 Å². The number of epoxide rings is 1. The fourth-order valence-electron chi connectivity index (χ4n) is 6.13. The van der Waals surface area contributed by atoms with Crippen LogP contribution in [0.25, 0.3) is 0 Å². The highest BCUT2D eigenvalue weighted by molar-refractivity contribution is 5.87. The fourth-order valence-corrected chi connectivity index (χ4v) is 6.13. The van der Waals surface area contributed by atoms with Crippen LogP contribution in [0.2, 0.25) is 0 Å². The molecule has 1 spiro atoms. The molecule has 42 heavy (non-hydrogen) atoms. The summed E-state index contributed by atoms with van der Waals surface area (Å²) in [6, 6.07) is 1.62. The van der Waals surface area contributed by atoms with Crippen molar-refractivity contribution >= 4 is 11.9 Å². The predicted molar refractivity (Wildman–Crippen MR) is 156 cm³/mol. The van der Waals surface area contributed by atoms with Crippen LogP contribution in [0.1, 0.15) is 71.5 Å². The molecule has 1 aromatic heterocycles. The molecular weight excluding hydrogens is 540 g/mol. The minimum Gasteiger partial charge on any atom is -0.479 e.